The molecule has 0 heterocycles. The van der Waals surface area contributed by atoms with E-state index >= 15 is 0 Å². The van der Waals surface area contributed by atoms with Gasteiger partial charge >= 0.3 is 0 Å². The summed E-state index contributed by atoms with van der Waals surface area (Å²) in [7, 11) is 1.47. The van der Waals surface area contributed by atoms with Gasteiger partial charge in [-0.05, 0) is 31.7 Å². The molecule has 3 N–H and O–H groups in total. The number of nitrogens with two attached hydrogens (primary N) is 1. The van der Waals surface area contributed by atoms with Crippen LogP contribution in [-0.4, -0.2) is 35.0 Å². The molecule has 1 aromatic carbocycles. The van der Waals surface area contributed by atoms with Crippen LogP contribution in [0.5, 0.6) is 5.75 Å². The van der Waals surface area contributed by atoms with Crippen molar-refractivity contribution in [3.63, 3.8) is 0 Å². The van der Waals surface area contributed by atoms with Gasteiger partial charge in [0.05, 0.1) is 5.56 Å². The minimum atomic E-state index is -1.70. The molecule has 7 heteroatoms. The molecule has 1 amide bonds. The average molecular weight is 302 g/mol. The predicted molar refractivity (Wildman–Crippen MR) is 70.3 cm³/mol. The normalized spacial score (nSPS) is 22.1. The second-order valence-corrected chi connectivity index (χ2v) is 5.37. The molecule has 21 heavy (non-hydrogen) atoms. The van der Waals surface area contributed by atoms with E-state index in [0.29, 0.717) is 18.9 Å². The molecule has 0 saturated heterocycles. The van der Waals surface area contributed by atoms with Crippen molar-refractivity contribution in [2.24, 2.45) is 5.73 Å². The monoisotopic (exact) mass is 302 g/mol. The first-order chi connectivity index (χ1) is 9.82. The van der Waals surface area contributed by atoms with E-state index in [1.165, 1.54) is 11.9 Å². The van der Waals surface area contributed by atoms with Crippen molar-refractivity contribution < 1.29 is 23.1 Å². The summed E-state index contributed by atoms with van der Waals surface area (Å²) in [6.07, 6.45) is 2.82. The fourth-order valence-electron chi connectivity index (χ4n) is 2.59. The Morgan fingerprint density at radius 1 is 1.24 bits per heavy atom. The van der Waals surface area contributed by atoms with Crippen molar-refractivity contribution in [3.8, 4) is 5.75 Å². The number of nitrogens with zero attached hydrogens (tertiary/aromatic N) is 1. The molecule has 0 radical (unpaired) electrons. The number of phenolic OH excluding ortho intramolecular Hbond substituents is 1. The summed E-state index contributed by atoms with van der Waals surface area (Å²) in [6.45, 7) is 0. The lowest BCUT2D eigenvalue weighted by atomic mass is 9.90. The highest BCUT2D eigenvalue weighted by molar-refractivity contribution is 5.95. The third-order valence-electron chi connectivity index (χ3n) is 3.97. The molecule has 0 spiro atoms. The lowest BCUT2D eigenvalue weighted by Gasteiger charge is -2.33. The molecule has 1 fully saturated rings. The Bertz CT molecular complexity index is 558. The first kappa shape index (κ1) is 15.6. The number of amides is 1. The van der Waals surface area contributed by atoms with Gasteiger partial charge in [-0.1, -0.05) is 0 Å². The summed E-state index contributed by atoms with van der Waals surface area (Å²) in [5.74, 6) is -6.87. The van der Waals surface area contributed by atoms with Gasteiger partial charge in [0.15, 0.2) is 17.4 Å². The van der Waals surface area contributed by atoms with Gasteiger partial charge in [0.25, 0.3) is 5.91 Å². The summed E-state index contributed by atoms with van der Waals surface area (Å²) in [5, 5.41) is 9.17. The molecule has 116 valence electrons. The molecule has 2 rings (SSSR count). The minimum absolute atomic E-state index is 0.0915. The average Bonchev–Trinajstić information content (AvgIpc) is 2.48. The SMILES string of the molecule is CN(C(=O)c1cc(F)c(F)c(O)c1F)C1CCC(N)CC1. The van der Waals surface area contributed by atoms with Crippen LogP contribution in [0.3, 0.4) is 0 Å². The lowest BCUT2D eigenvalue weighted by molar-refractivity contribution is 0.0683. The first-order valence-electron chi connectivity index (χ1n) is 6.72. The molecule has 4 nitrogen and oxygen atoms in total. The number of hydrogen-bond donors (Lipinski definition) is 2. The topological polar surface area (TPSA) is 66.6 Å². The molecule has 0 unspecified atom stereocenters. The van der Waals surface area contributed by atoms with E-state index in [9.17, 15) is 18.0 Å². The highest BCUT2D eigenvalue weighted by Gasteiger charge is 2.29. The highest BCUT2D eigenvalue weighted by Crippen LogP contribution is 2.28. The van der Waals surface area contributed by atoms with Crippen LogP contribution in [0.25, 0.3) is 0 Å². The number of carbonyl (C=O) groups is 1. The maximum Gasteiger partial charge on any atom is 0.257 e. The predicted octanol–water partition coefficient (Wildman–Crippen LogP) is 2.15. The number of benzene rings is 1. The highest BCUT2D eigenvalue weighted by atomic mass is 19.2. The van der Waals surface area contributed by atoms with Gasteiger partial charge in [-0.2, -0.15) is 4.39 Å². The fraction of sp³-hybridized carbons (Fsp3) is 0.500. The van der Waals surface area contributed by atoms with Crippen LogP contribution in [0, 0.1) is 17.5 Å². The van der Waals surface area contributed by atoms with Crippen molar-refractivity contribution in [3.05, 3.63) is 29.1 Å². The standard InChI is InChI=1S/C14H17F3N2O2/c1-19(8-4-2-7(18)3-5-8)14(21)9-6-10(15)12(17)13(20)11(9)16/h6-8,20H,2-5,18H2,1H3. The quantitative estimate of drug-likeness (QED) is 0.823. The van der Waals surface area contributed by atoms with E-state index < -0.39 is 34.7 Å². The van der Waals surface area contributed by atoms with E-state index in [2.05, 4.69) is 0 Å². The summed E-state index contributed by atoms with van der Waals surface area (Å²) in [4.78, 5) is 13.5. The van der Waals surface area contributed by atoms with Crippen molar-refractivity contribution >= 4 is 5.91 Å². The Morgan fingerprint density at radius 3 is 2.38 bits per heavy atom. The number of halogens is 3. The third kappa shape index (κ3) is 2.97. The fourth-order valence-corrected chi connectivity index (χ4v) is 2.59. The van der Waals surface area contributed by atoms with Gasteiger partial charge in [0.1, 0.15) is 0 Å². The van der Waals surface area contributed by atoms with Gasteiger partial charge < -0.3 is 15.7 Å². The van der Waals surface area contributed by atoms with Crippen LogP contribution in [0.1, 0.15) is 36.0 Å². The Hall–Kier alpha value is -1.76. The summed E-state index contributed by atoms with van der Waals surface area (Å²) in [6, 6.07) is 0.429. The smallest absolute Gasteiger partial charge is 0.257 e. The minimum Gasteiger partial charge on any atom is -0.503 e. The molecular formula is C14H17F3N2O2. The van der Waals surface area contributed by atoms with Crippen LogP contribution < -0.4 is 5.73 Å². The zero-order chi connectivity index (χ0) is 15.7. The zero-order valence-electron chi connectivity index (χ0n) is 11.6. The number of rotatable bonds is 2. The van der Waals surface area contributed by atoms with Crippen LogP contribution in [0.2, 0.25) is 0 Å². The van der Waals surface area contributed by atoms with E-state index in [1.807, 2.05) is 0 Å². The molecule has 0 bridgehead atoms. The summed E-state index contributed by atoms with van der Waals surface area (Å²) < 4.78 is 40.0. The van der Waals surface area contributed by atoms with Crippen molar-refractivity contribution in [1.82, 2.24) is 4.90 Å². The van der Waals surface area contributed by atoms with Crippen molar-refractivity contribution in [1.29, 1.82) is 0 Å². The van der Waals surface area contributed by atoms with Gasteiger partial charge in [0.2, 0.25) is 5.82 Å². The number of aromatic hydroxyl groups is 1. The molecule has 1 aromatic rings. The van der Waals surface area contributed by atoms with E-state index in [0.717, 1.165) is 12.8 Å². The van der Waals surface area contributed by atoms with Crippen LogP contribution in [0.4, 0.5) is 13.2 Å². The Kier molecular flexibility index (Phi) is 4.41. The number of carbonyl (C=O) groups excluding carboxylic acids is 1. The van der Waals surface area contributed by atoms with E-state index in [-0.39, 0.29) is 12.1 Å². The van der Waals surface area contributed by atoms with Crippen LogP contribution in [-0.2, 0) is 0 Å². The second kappa shape index (κ2) is 5.93. The van der Waals surface area contributed by atoms with E-state index in [4.69, 9.17) is 10.8 Å². The number of phenols is 1. The Balaban J connectivity index is 2.24. The molecule has 1 aliphatic rings. The molecular weight excluding hydrogens is 285 g/mol. The number of hydrogen-bond acceptors (Lipinski definition) is 3. The van der Waals surface area contributed by atoms with Crippen LogP contribution >= 0.6 is 0 Å². The second-order valence-electron chi connectivity index (χ2n) is 5.37. The van der Waals surface area contributed by atoms with Gasteiger partial charge in [0, 0.05) is 19.1 Å². The maximum atomic E-state index is 13.8. The van der Waals surface area contributed by atoms with E-state index in [1.54, 1.807) is 0 Å². The molecule has 0 aromatic heterocycles. The van der Waals surface area contributed by atoms with Crippen molar-refractivity contribution in [2.75, 3.05) is 7.05 Å². The van der Waals surface area contributed by atoms with Crippen molar-refractivity contribution in [2.45, 2.75) is 37.8 Å². The maximum absolute atomic E-state index is 13.8. The molecule has 0 atom stereocenters. The largest absolute Gasteiger partial charge is 0.503 e. The van der Waals surface area contributed by atoms with Gasteiger partial charge in [-0.15, -0.1) is 0 Å². The summed E-state index contributed by atoms with van der Waals surface area (Å²) in [5.41, 5.74) is 5.10. The summed E-state index contributed by atoms with van der Waals surface area (Å²) >= 11 is 0. The third-order valence-corrected chi connectivity index (χ3v) is 3.97. The molecule has 1 aliphatic carbocycles. The Morgan fingerprint density at radius 2 is 1.81 bits per heavy atom. The lowest BCUT2D eigenvalue weighted by Crippen LogP contribution is -2.42. The molecule has 0 aliphatic heterocycles. The molecule has 1 saturated carbocycles. The first-order valence-corrected chi connectivity index (χ1v) is 6.72. The van der Waals surface area contributed by atoms with Gasteiger partial charge in [-0.3, -0.25) is 4.79 Å². The van der Waals surface area contributed by atoms with Gasteiger partial charge in [-0.25, -0.2) is 8.78 Å². The van der Waals surface area contributed by atoms with Crippen LogP contribution in [0.15, 0.2) is 6.07 Å². The Labute approximate surface area is 120 Å². The zero-order valence-corrected chi connectivity index (χ0v) is 11.6.